The topological polar surface area (TPSA) is 91.3 Å². The predicted molar refractivity (Wildman–Crippen MR) is 122 cm³/mol. The molecule has 0 spiro atoms. The summed E-state index contributed by atoms with van der Waals surface area (Å²) in [5, 5.41) is 16.2. The van der Waals surface area contributed by atoms with Gasteiger partial charge in [0.2, 0.25) is 5.91 Å². The SMILES string of the molecule is CC(C)(C)C1CCC(NC(=O)c2cc(NC(=O)Cc3cc(Cl)ccc3O)ccn2)CC1. The van der Waals surface area contributed by atoms with Gasteiger partial charge in [0.1, 0.15) is 11.4 Å². The van der Waals surface area contributed by atoms with Crippen molar-refractivity contribution in [3.05, 3.63) is 52.8 Å². The second-order valence-corrected chi connectivity index (χ2v) is 9.75. The first-order chi connectivity index (χ1) is 14.6. The van der Waals surface area contributed by atoms with E-state index < -0.39 is 0 Å². The van der Waals surface area contributed by atoms with Gasteiger partial charge in [0.15, 0.2) is 0 Å². The molecule has 3 N–H and O–H groups in total. The molecule has 0 bridgehead atoms. The first-order valence-corrected chi connectivity index (χ1v) is 11.0. The molecule has 1 fully saturated rings. The van der Waals surface area contributed by atoms with Crippen LogP contribution in [0, 0.1) is 11.3 Å². The average molecular weight is 444 g/mol. The largest absolute Gasteiger partial charge is 0.508 e. The van der Waals surface area contributed by atoms with Crippen LogP contribution in [0.25, 0.3) is 0 Å². The number of hydrogen-bond acceptors (Lipinski definition) is 4. The number of phenolic OH excluding ortho intramolecular Hbond substituents is 1. The van der Waals surface area contributed by atoms with Crippen LogP contribution in [0.2, 0.25) is 5.02 Å². The highest BCUT2D eigenvalue weighted by atomic mass is 35.5. The number of benzene rings is 1. The third kappa shape index (κ3) is 6.44. The Morgan fingerprint density at radius 2 is 1.84 bits per heavy atom. The molecule has 2 aromatic rings. The van der Waals surface area contributed by atoms with Crippen LogP contribution < -0.4 is 10.6 Å². The number of carbonyl (C=O) groups is 2. The van der Waals surface area contributed by atoms with E-state index in [-0.39, 0.29) is 35.7 Å². The van der Waals surface area contributed by atoms with Crippen molar-refractivity contribution in [2.45, 2.75) is 58.9 Å². The molecular weight excluding hydrogens is 414 g/mol. The number of halogens is 1. The van der Waals surface area contributed by atoms with Gasteiger partial charge in [-0.05, 0) is 67.3 Å². The van der Waals surface area contributed by atoms with Gasteiger partial charge in [0.25, 0.3) is 5.91 Å². The van der Waals surface area contributed by atoms with Gasteiger partial charge in [-0.1, -0.05) is 32.4 Å². The normalized spacial score (nSPS) is 19.0. The van der Waals surface area contributed by atoms with Crippen molar-refractivity contribution in [1.82, 2.24) is 10.3 Å². The Labute approximate surface area is 188 Å². The monoisotopic (exact) mass is 443 g/mol. The van der Waals surface area contributed by atoms with Crippen LogP contribution in [0.4, 0.5) is 5.69 Å². The second kappa shape index (κ2) is 9.69. The minimum atomic E-state index is -0.323. The van der Waals surface area contributed by atoms with Crippen LogP contribution in [0.5, 0.6) is 5.75 Å². The number of anilines is 1. The summed E-state index contributed by atoms with van der Waals surface area (Å²) >= 11 is 5.93. The van der Waals surface area contributed by atoms with Crippen LogP contribution in [0.15, 0.2) is 36.5 Å². The lowest BCUT2D eigenvalue weighted by Crippen LogP contribution is -2.39. The van der Waals surface area contributed by atoms with Gasteiger partial charge in [0, 0.05) is 28.5 Å². The minimum Gasteiger partial charge on any atom is -0.508 e. The van der Waals surface area contributed by atoms with Crippen LogP contribution in [0.3, 0.4) is 0 Å². The summed E-state index contributed by atoms with van der Waals surface area (Å²) in [7, 11) is 0. The maximum Gasteiger partial charge on any atom is 0.270 e. The number of pyridine rings is 1. The average Bonchev–Trinajstić information content (AvgIpc) is 2.70. The molecule has 0 aliphatic heterocycles. The lowest BCUT2D eigenvalue weighted by molar-refractivity contribution is -0.115. The summed E-state index contributed by atoms with van der Waals surface area (Å²) < 4.78 is 0. The Morgan fingerprint density at radius 3 is 2.52 bits per heavy atom. The van der Waals surface area contributed by atoms with Crippen molar-refractivity contribution in [3.63, 3.8) is 0 Å². The van der Waals surface area contributed by atoms with Gasteiger partial charge in [-0.15, -0.1) is 0 Å². The van der Waals surface area contributed by atoms with Gasteiger partial charge in [0.05, 0.1) is 6.42 Å². The van der Waals surface area contributed by atoms with E-state index in [0.717, 1.165) is 25.7 Å². The third-order valence-electron chi connectivity index (χ3n) is 5.96. The molecule has 0 saturated heterocycles. The van der Waals surface area contributed by atoms with Gasteiger partial charge in [-0.25, -0.2) is 0 Å². The maximum absolute atomic E-state index is 12.7. The Hall–Kier alpha value is -2.60. The summed E-state index contributed by atoms with van der Waals surface area (Å²) in [6, 6.07) is 7.90. The Balaban J connectivity index is 1.56. The fraction of sp³-hybridized carbons (Fsp3) is 0.458. The highest BCUT2D eigenvalue weighted by Gasteiger charge is 2.30. The molecule has 1 aromatic carbocycles. The summed E-state index contributed by atoms with van der Waals surface area (Å²) in [4.78, 5) is 29.2. The maximum atomic E-state index is 12.7. The van der Waals surface area contributed by atoms with E-state index in [4.69, 9.17) is 11.6 Å². The fourth-order valence-corrected chi connectivity index (χ4v) is 4.26. The summed E-state index contributed by atoms with van der Waals surface area (Å²) in [6.07, 6.45) is 5.61. The molecular formula is C24H30ClN3O3. The van der Waals surface area contributed by atoms with Crippen molar-refractivity contribution >= 4 is 29.1 Å². The molecule has 0 atom stereocenters. The fourth-order valence-electron chi connectivity index (χ4n) is 4.07. The van der Waals surface area contributed by atoms with E-state index >= 15 is 0 Å². The van der Waals surface area contributed by atoms with E-state index in [2.05, 4.69) is 36.4 Å². The number of amides is 2. The van der Waals surface area contributed by atoms with Crippen molar-refractivity contribution in [1.29, 1.82) is 0 Å². The number of nitrogens with zero attached hydrogens (tertiary/aromatic N) is 1. The summed E-state index contributed by atoms with van der Waals surface area (Å²) in [5.74, 6) is 0.130. The zero-order chi connectivity index (χ0) is 22.6. The third-order valence-corrected chi connectivity index (χ3v) is 6.19. The summed E-state index contributed by atoms with van der Waals surface area (Å²) in [6.45, 7) is 6.82. The van der Waals surface area contributed by atoms with Gasteiger partial charge >= 0.3 is 0 Å². The van der Waals surface area contributed by atoms with Crippen molar-refractivity contribution in [2.24, 2.45) is 11.3 Å². The number of carbonyl (C=O) groups excluding carboxylic acids is 2. The van der Waals surface area contributed by atoms with E-state index in [9.17, 15) is 14.7 Å². The standard InChI is InChI=1S/C24H30ClN3O3/c1-24(2,3)16-4-7-18(8-5-16)28-23(31)20-14-19(10-11-26-20)27-22(30)13-15-12-17(25)6-9-21(15)29/h6,9-12,14,16,18,29H,4-5,7-8,13H2,1-3H3,(H,28,31)(H,26,27,30). The molecule has 0 radical (unpaired) electrons. The molecule has 1 aliphatic carbocycles. The first kappa shape index (κ1) is 23.1. The van der Waals surface area contributed by atoms with Crippen LogP contribution in [-0.4, -0.2) is 27.9 Å². The smallest absolute Gasteiger partial charge is 0.270 e. The van der Waals surface area contributed by atoms with Crippen molar-refractivity contribution in [3.8, 4) is 5.75 Å². The molecule has 6 nitrogen and oxygen atoms in total. The van der Waals surface area contributed by atoms with Gasteiger partial charge in [-0.3, -0.25) is 14.6 Å². The molecule has 3 rings (SSSR count). The zero-order valence-corrected chi connectivity index (χ0v) is 19.0. The highest BCUT2D eigenvalue weighted by molar-refractivity contribution is 6.30. The second-order valence-electron chi connectivity index (χ2n) is 9.32. The lowest BCUT2D eigenvalue weighted by Gasteiger charge is -2.37. The minimum absolute atomic E-state index is 0.00975. The quantitative estimate of drug-likeness (QED) is 0.609. The molecule has 31 heavy (non-hydrogen) atoms. The number of aromatic hydroxyl groups is 1. The predicted octanol–water partition coefficient (Wildman–Crippen LogP) is 4.96. The van der Waals surface area contributed by atoms with Crippen molar-refractivity contribution < 1.29 is 14.7 Å². The molecule has 0 unspecified atom stereocenters. The van der Waals surface area contributed by atoms with Gasteiger partial charge < -0.3 is 15.7 Å². The molecule has 1 aromatic heterocycles. The van der Waals surface area contributed by atoms with Crippen LogP contribution >= 0.6 is 11.6 Å². The van der Waals surface area contributed by atoms with E-state index in [1.807, 2.05) is 0 Å². The lowest BCUT2D eigenvalue weighted by atomic mass is 9.71. The molecule has 1 aliphatic rings. The molecule has 1 saturated carbocycles. The number of phenols is 1. The van der Waals surface area contributed by atoms with Crippen molar-refractivity contribution in [2.75, 3.05) is 5.32 Å². The number of rotatable bonds is 5. The van der Waals surface area contributed by atoms with E-state index in [1.54, 1.807) is 24.3 Å². The first-order valence-electron chi connectivity index (χ1n) is 10.7. The number of nitrogens with one attached hydrogen (secondary N) is 2. The number of hydrogen-bond donors (Lipinski definition) is 3. The molecule has 1 heterocycles. The molecule has 2 amide bonds. The summed E-state index contributed by atoms with van der Waals surface area (Å²) in [5.41, 5.74) is 1.47. The van der Waals surface area contributed by atoms with Crippen LogP contribution in [-0.2, 0) is 11.2 Å². The Kier molecular flexibility index (Phi) is 7.21. The Bertz CT molecular complexity index is 947. The zero-order valence-electron chi connectivity index (χ0n) is 18.2. The van der Waals surface area contributed by atoms with E-state index in [0.29, 0.717) is 27.6 Å². The Morgan fingerprint density at radius 1 is 1.13 bits per heavy atom. The van der Waals surface area contributed by atoms with Crippen LogP contribution in [0.1, 0.15) is 62.5 Å². The van der Waals surface area contributed by atoms with Gasteiger partial charge in [-0.2, -0.15) is 0 Å². The highest BCUT2D eigenvalue weighted by Crippen LogP contribution is 2.37. The van der Waals surface area contributed by atoms with E-state index in [1.165, 1.54) is 12.3 Å². The number of aromatic nitrogens is 1. The molecule has 7 heteroatoms. The molecule has 166 valence electrons.